The van der Waals surface area contributed by atoms with Gasteiger partial charge < -0.3 is 59.5 Å². The van der Waals surface area contributed by atoms with Crippen molar-refractivity contribution in [2.45, 2.75) is 211 Å². The first-order chi connectivity index (χ1) is 6.61. The van der Waals surface area contributed by atoms with Crippen LogP contribution in [0.1, 0.15) is 211 Å². The van der Waals surface area contributed by atoms with Crippen LogP contribution in [0.3, 0.4) is 0 Å². The van der Waals surface area contributed by atoms with Gasteiger partial charge in [-0.2, -0.15) is 0 Å². The van der Waals surface area contributed by atoms with E-state index >= 15 is 0 Å². The predicted octanol–water partition coefficient (Wildman–Crippen LogP) is 9.97. The lowest BCUT2D eigenvalue weighted by Crippen LogP contribution is -2.37. The Morgan fingerprint density at radius 2 is 0.511 bits per heavy atom. The largest absolute Gasteiger partial charge is 0.412 e. The third-order valence-electron chi connectivity index (χ3n) is 4.66. The Kier molecular flexibility index (Phi) is 2940. The second-order valence-electron chi connectivity index (χ2n) is 5.20. The van der Waals surface area contributed by atoms with Gasteiger partial charge in [-0.3, -0.25) is 0 Å². The molecule has 1 fully saturated rings. The number of rotatable bonds is 3. The van der Waals surface area contributed by atoms with E-state index in [0.29, 0.717) is 0 Å². The summed E-state index contributed by atoms with van der Waals surface area (Å²) in [5.74, 6) is 4.28. The van der Waals surface area contributed by atoms with Crippen LogP contribution in [0.25, 0.3) is 0 Å². The van der Waals surface area contributed by atoms with Gasteiger partial charge in [-0.15, -0.1) is 0 Å². The first kappa shape index (κ1) is 526. The van der Waals surface area contributed by atoms with Crippen molar-refractivity contribution < 1.29 is 59.5 Å². The fourth-order valence-electron chi connectivity index (χ4n) is 3.13. The summed E-state index contributed by atoms with van der Waals surface area (Å²) in [7, 11) is 1.83. The maximum atomic E-state index is 5.33. The van der Waals surface area contributed by atoms with Crippen LogP contribution in [0.15, 0.2) is 0 Å². The average molecular weight is 747 g/mol. The van der Waals surface area contributed by atoms with Crippen molar-refractivity contribution in [3.05, 3.63) is 0 Å². The zero-order chi connectivity index (χ0) is 10.7. The second kappa shape index (κ2) is 263. The summed E-state index contributed by atoms with van der Waals surface area (Å²) in [6.07, 6.45) is 2.70. The molecule has 0 aromatic heterocycles. The number of hydrogen-bond donors (Lipinski definition) is 0. The zero-order valence-electron chi connectivity index (χ0n) is 15.4. The maximum absolute atomic E-state index is 5.33. The minimum atomic E-state index is 0. The molecule has 11 nitrogen and oxygen atoms in total. The third-order valence-corrected chi connectivity index (χ3v) is 4.66. The summed E-state index contributed by atoms with van der Waals surface area (Å²) in [5, 5.41) is 0. The molecule has 0 unspecified atom stereocenters. The normalized spacial score (nSPS) is 13.1. The Bertz CT molecular complexity index is 194. The molecule has 1 aliphatic carbocycles. The molecular formula is C36H138O11. The fourth-order valence-corrected chi connectivity index (χ4v) is 3.13. The molecule has 348 valence electrons. The molecule has 5 atom stereocenters. The molecule has 0 amide bonds. The summed E-state index contributed by atoms with van der Waals surface area (Å²) in [6, 6.07) is 0. The van der Waals surface area contributed by atoms with Crippen molar-refractivity contribution in [1.82, 2.24) is 0 Å². The van der Waals surface area contributed by atoms with Crippen molar-refractivity contribution in [2.24, 2.45) is 29.6 Å². The molecule has 0 bridgehead atoms. The van der Waals surface area contributed by atoms with Crippen molar-refractivity contribution >= 4 is 0 Å². The highest BCUT2D eigenvalue weighted by atomic mass is 16.5. The average Bonchev–Trinajstić information content (AvgIpc) is 2.19. The Morgan fingerprint density at radius 1 is 0.340 bits per heavy atom. The SMILES string of the molecule is C.C.C.C.C.C.C.C.C.C.C.C.C.C.C.C.C.C.C.C.C.C.C.CC[C@H]1C[C@H](COC)[C@H](C)[C@@H](C)[C@@H]1C.O.O.O.O.O.O.O.O.O.O. The first-order valence-electron chi connectivity index (χ1n) is 6.10. The van der Waals surface area contributed by atoms with E-state index in [1.165, 1.54) is 12.8 Å². The second-order valence-corrected chi connectivity index (χ2v) is 5.20. The quantitative estimate of drug-likeness (QED) is 0.267. The molecule has 0 aliphatic heterocycles. The van der Waals surface area contributed by atoms with Gasteiger partial charge in [0.15, 0.2) is 0 Å². The van der Waals surface area contributed by atoms with Gasteiger partial charge in [-0.25, -0.2) is 0 Å². The smallest absolute Gasteiger partial charge is 0.0493 e. The van der Waals surface area contributed by atoms with E-state index in [9.17, 15) is 0 Å². The Hall–Kier alpha value is -0.440. The van der Waals surface area contributed by atoms with E-state index in [1.54, 1.807) is 0 Å². The lowest BCUT2D eigenvalue weighted by molar-refractivity contribution is 0.0172. The third kappa shape index (κ3) is 143. The van der Waals surface area contributed by atoms with Gasteiger partial charge in [-0.05, 0) is 36.0 Å². The van der Waals surface area contributed by atoms with E-state index in [1.807, 2.05) is 7.11 Å². The summed E-state index contributed by atoms with van der Waals surface area (Å²) in [5.41, 5.74) is 0. The number of ether oxygens (including phenoxy) is 1. The maximum Gasteiger partial charge on any atom is 0.0493 e. The van der Waals surface area contributed by atoms with Gasteiger partial charge >= 0.3 is 0 Å². The van der Waals surface area contributed by atoms with E-state index in [2.05, 4.69) is 27.7 Å². The van der Waals surface area contributed by atoms with Crippen LogP contribution in [-0.2, 0) is 4.74 Å². The summed E-state index contributed by atoms with van der Waals surface area (Å²) in [6.45, 7) is 10.5. The van der Waals surface area contributed by atoms with Crippen LogP contribution in [0, 0.1) is 29.6 Å². The standard InChI is InChI=1S/C13H26O.23CH4.10H2O/c1-6-12-7-13(8-14-5)11(4)9(2)10(12)3;;;;;;;;;;;;;;;;;;;;;;;;;;;;;;;;;/h9-13H,6-8H2,1-5H3;23*1H4;10*1H2/t9-,10-,11+,12-,13+;;;;;;;;;;;;;;;;;;;;;;;;;;;;;;;;;/m0................................./s1. The molecule has 0 saturated heterocycles. The van der Waals surface area contributed by atoms with Crippen molar-refractivity contribution in [2.75, 3.05) is 13.7 Å². The minimum absolute atomic E-state index is 0. The number of methoxy groups -OCH3 is 1. The van der Waals surface area contributed by atoms with E-state index in [4.69, 9.17) is 4.74 Å². The summed E-state index contributed by atoms with van der Waals surface area (Å²) >= 11 is 0. The summed E-state index contributed by atoms with van der Waals surface area (Å²) in [4.78, 5) is 0. The number of hydrogen-bond acceptors (Lipinski definition) is 1. The highest BCUT2D eigenvalue weighted by Gasteiger charge is 2.36. The molecule has 0 radical (unpaired) electrons. The van der Waals surface area contributed by atoms with Crippen molar-refractivity contribution in [3.63, 3.8) is 0 Å². The van der Waals surface area contributed by atoms with E-state index < -0.39 is 0 Å². The predicted molar refractivity (Wildman–Crippen MR) is 252 cm³/mol. The highest BCUT2D eigenvalue weighted by Crippen LogP contribution is 2.43. The van der Waals surface area contributed by atoms with Crippen LogP contribution >= 0.6 is 0 Å². The molecule has 47 heavy (non-hydrogen) atoms. The zero-order valence-corrected chi connectivity index (χ0v) is 15.4. The monoisotopic (exact) mass is 747 g/mol. The van der Waals surface area contributed by atoms with Crippen LogP contribution in [0.2, 0.25) is 0 Å². The van der Waals surface area contributed by atoms with Gasteiger partial charge in [0.2, 0.25) is 0 Å². The van der Waals surface area contributed by atoms with Crippen LogP contribution in [0.4, 0.5) is 0 Å². The molecule has 20 N–H and O–H groups in total. The molecule has 0 heterocycles. The molecule has 1 rings (SSSR count). The topological polar surface area (TPSA) is 324 Å². The molecular weight excluding hydrogens is 608 g/mol. The van der Waals surface area contributed by atoms with E-state index in [0.717, 1.165) is 36.2 Å². The minimum Gasteiger partial charge on any atom is -0.412 e. The van der Waals surface area contributed by atoms with Gasteiger partial charge in [-0.1, -0.05) is 205 Å². The lowest BCUT2D eigenvalue weighted by atomic mass is 9.63. The Morgan fingerprint density at radius 3 is 0.660 bits per heavy atom. The Labute approximate surface area is 314 Å². The van der Waals surface area contributed by atoms with Crippen molar-refractivity contribution in [3.8, 4) is 0 Å². The molecule has 0 spiro atoms. The fraction of sp³-hybridized carbons (Fsp3) is 1.00. The summed E-state index contributed by atoms with van der Waals surface area (Å²) < 4.78 is 5.33. The van der Waals surface area contributed by atoms with Gasteiger partial charge in [0, 0.05) is 13.7 Å². The lowest BCUT2D eigenvalue weighted by Gasteiger charge is -2.43. The molecule has 1 saturated carbocycles. The highest BCUT2D eigenvalue weighted by molar-refractivity contribution is 4.85. The molecule has 1 aliphatic rings. The van der Waals surface area contributed by atoms with Crippen molar-refractivity contribution in [1.29, 1.82) is 0 Å². The molecule has 0 aromatic carbocycles. The van der Waals surface area contributed by atoms with Crippen LogP contribution < -0.4 is 0 Å². The van der Waals surface area contributed by atoms with E-state index in [-0.39, 0.29) is 226 Å². The van der Waals surface area contributed by atoms with Gasteiger partial charge in [0.05, 0.1) is 0 Å². The first-order valence-corrected chi connectivity index (χ1v) is 6.10. The van der Waals surface area contributed by atoms with Crippen LogP contribution in [0.5, 0.6) is 0 Å². The Balaban J connectivity index is -0.00000000192. The van der Waals surface area contributed by atoms with Crippen LogP contribution in [-0.4, -0.2) is 68.5 Å². The van der Waals surface area contributed by atoms with Gasteiger partial charge in [0.1, 0.15) is 0 Å². The van der Waals surface area contributed by atoms with Gasteiger partial charge in [0.25, 0.3) is 0 Å². The molecule has 0 aromatic rings. The molecule has 11 heteroatoms.